The van der Waals surface area contributed by atoms with Gasteiger partial charge in [0.1, 0.15) is 0 Å². The van der Waals surface area contributed by atoms with E-state index in [0.717, 1.165) is 38.4 Å². The van der Waals surface area contributed by atoms with Crippen molar-refractivity contribution in [3.05, 3.63) is 96.5 Å². The molecular weight excluding hydrogens is 467 g/mol. The van der Waals surface area contributed by atoms with Gasteiger partial charge in [0.05, 0.1) is 0 Å². The van der Waals surface area contributed by atoms with E-state index in [4.69, 9.17) is 9.72 Å². The Labute approximate surface area is 189 Å². The maximum absolute atomic E-state index is 6.24. The van der Waals surface area contributed by atoms with Crippen LogP contribution in [0.25, 0.3) is 41.3 Å². The first-order chi connectivity index (χ1) is 15.3. The van der Waals surface area contributed by atoms with E-state index in [2.05, 4.69) is 58.9 Å². The van der Waals surface area contributed by atoms with Gasteiger partial charge in [0, 0.05) is 0 Å². The molecule has 0 aliphatic rings. The van der Waals surface area contributed by atoms with Gasteiger partial charge in [-0.3, -0.25) is 0 Å². The molecule has 0 aliphatic carbocycles. The number of hydrogen-bond donors (Lipinski definition) is 0. The number of rotatable bonds is 4. The molecule has 3 aromatic heterocycles. The second-order valence-corrected chi connectivity index (χ2v) is 10.2. The van der Waals surface area contributed by atoms with Gasteiger partial charge in [-0.2, -0.15) is 0 Å². The van der Waals surface area contributed by atoms with Crippen LogP contribution in [0.5, 0.6) is 11.5 Å². The summed E-state index contributed by atoms with van der Waals surface area (Å²) in [4.78, 5) is 9.45. The molecule has 6 rings (SSSR count). The van der Waals surface area contributed by atoms with Crippen molar-refractivity contribution in [3.8, 4) is 32.9 Å². The molecule has 148 valence electrons. The number of pyridine rings is 1. The van der Waals surface area contributed by atoms with E-state index in [1.807, 2.05) is 42.6 Å². The number of fused-ring (bicyclic) bond motifs is 2. The predicted octanol–water partition coefficient (Wildman–Crippen LogP) is 7.03. The minimum atomic E-state index is 0.222. The van der Waals surface area contributed by atoms with Crippen molar-refractivity contribution in [1.82, 2.24) is 9.97 Å². The molecule has 0 aliphatic heterocycles. The Bertz CT molecular complexity index is 1500. The summed E-state index contributed by atoms with van der Waals surface area (Å²) in [6.07, 6.45) is 1.86. The molecular formula is C26H16N2OSSe. The topological polar surface area (TPSA) is 35.0 Å². The number of benzene rings is 3. The first-order valence-electron chi connectivity index (χ1n) is 9.90. The summed E-state index contributed by atoms with van der Waals surface area (Å²) in [6.45, 7) is 0. The molecule has 0 unspecified atom stereocenters. The van der Waals surface area contributed by atoms with Crippen molar-refractivity contribution in [1.29, 1.82) is 0 Å². The summed E-state index contributed by atoms with van der Waals surface area (Å²) in [5, 5.41) is 3.32. The van der Waals surface area contributed by atoms with Gasteiger partial charge in [0.2, 0.25) is 0 Å². The van der Waals surface area contributed by atoms with Gasteiger partial charge < -0.3 is 0 Å². The Kier molecular flexibility index (Phi) is 4.65. The summed E-state index contributed by atoms with van der Waals surface area (Å²) >= 11 is 1.94. The number of nitrogens with zero attached hydrogens (tertiary/aromatic N) is 2. The Morgan fingerprint density at radius 3 is 2.45 bits per heavy atom. The SMILES string of the molecule is c1cc(Oc2cccc(-c3nccc4ccsc34)c2)cc(-c2nc3ccccc3[se]2)c1. The molecule has 5 heteroatoms. The van der Waals surface area contributed by atoms with Crippen LogP contribution in [0.2, 0.25) is 0 Å². The molecule has 3 nitrogen and oxygen atoms in total. The zero-order valence-electron chi connectivity index (χ0n) is 16.4. The van der Waals surface area contributed by atoms with Gasteiger partial charge in [-0.1, -0.05) is 0 Å². The van der Waals surface area contributed by atoms with Crippen LogP contribution in [0.4, 0.5) is 0 Å². The van der Waals surface area contributed by atoms with Crippen LogP contribution in [0, 0.1) is 0 Å². The molecule has 0 saturated heterocycles. The molecule has 0 bridgehead atoms. The normalized spacial score (nSPS) is 11.2. The average molecular weight is 483 g/mol. The zero-order valence-corrected chi connectivity index (χ0v) is 18.9. The van der Waals surface area contributed by atoms with Crippen LogP contribution in [0.15, 0.2) is 96.5 Å². The number of ether oxygens (including phenoxy) is 1. The third kappa shape index (κ3) is 3.57. The maximum atomic E-state index is 6.24. The number of thiophene rings is 1. The van der Waals surface area contributed by atoms with Gasteiger partial charge in [0.15, 0.2) is 0 Å². The van der Waals surface area contributed by atoms with E-state index >= 15 is 0 Å². The fourth-order valence-electron chi connectivity index (χ4n) is 3.63. The first kappa shape index (κ1) is 18.5. The van der Waals surface area contributed by atoms with E-state index in [1.54, 1.807) is 11.3 Å². The van der Waals surface area contributed by atoms with E-state index in [0.29, 0.717) is 0 Å². The second-order valence-electron chi connectivity index (χ2n) is 7.14. The quantitative estimate of drug-likeness (QED) is 0.253. The molecule has 6 aromatic rings. The van der Waals surface area contributed by atoms with Crippen LogP contribution in [0.3, 0.4) is 0 Å². The molecule has 31 heavy (non-hydrogen) atoms. The summed E-state index contributed by atoms with van der Waals surface area (Å²) in [5.74, 6) is 1.61. The molecule has 0 radical (unpaired) electrons. The molecule has 0 atom stereocenters. The summed E-state index contributed by atoms with van der Waals surface area (Å²) in [6, 6.07) is 28.9. The van der Waals surface area contributed by atoms with Crippen molar-refractivity contribution in [2.45, 2.75) is 0 Å². The Balaban J connectivity index is 1.33. The van der Waals surface area contributed by atoms with Crippen LogP contribution in [-0.2, 0) is 0 Å². The van der Waals surface area contributed by atoms with E-state index in [1.165, 1.54) is 14.3 Å². The van der Waals surface area contributed by atoms with Crippen LogP contribution < -0.4 is 4.74 Å². The summed E-state index contributed by atoms with van der Waals surface area (Å²) < 4.78 is 9.91. The molecule has 3 aromatic carbocycles. The summed E-state index contributed by atoms with van der Waals surface area (Å²) in [7, 11) is 0. The van der Waals surface area contributed by atoms with Crippen LogP contribution >= 0.6 is 11.3 Å². The van der Waals surface area contributed by atoms with Gasteiger partial charge in [0.25, 0.3) is 0 Å². The third-order valence-electron chi connectivity index (χ3n) is 5.09. The summed E-state index contributed by atoms with van der Waals surface area (Å²) in [5.41, 5.74) is 4.26. The third-order valence-corrected chi connectivity index (χ3v) is 8.30. The van der Waals surface area contributed by atoms with Crippen molar-refractivity contribution in [3.63, 3.8) is 0 Å². The van der Waals surface area contributed by atoms with Crippen LogP contribution in [0.1, 0.15) is 0 Å². The monoisotopic (exact) mass is 484 g/mol. The fraction of sp³-hybridized carbons (Fsp3) is 0. The molecule has 0 amide bonds. The van der Waals surface area contributed by atoms with Gasteiger partial charge >= 0.3 is 190 Å². The Hall–Kier alpha value is -3.24. The molecule has 0 spiro atoms. The van der Waals surface area contributed by atoms with Crippen molar-refractivity contribution in [2.24, 2.45) is 0 Å². The second kappa shape index (κ2) is 7.78. The molecule has 0 N–H and O–H groups in total. The first-order valence-corrected chi connectivity index (χ1v) is 12.5. The van der Waals surface area contributed by atoms with E-state index in [9.17, 15) is 0 Å². The van der Waals surface area contributed by atoms with E-state index < -0.39 is 0 Å². The number of para-hydroxylation sites is 1. The van der Waals surface area contributed by atoms with Gasteiger partial charge in [-0.15, -0.1) is 0 Å². The predicted molar refractivity (Wildman–Crippen MR) is 129 cm³/mol. The molecule has 0 saturated carbocycles. The van der Waals surface area contributed by atoms with Crippen molar-refractivity contribution < 1.29 is 4.74 Å². The average Bonchev–Trinajstić information content (AvgIpc) is 3.46. The number of hydrogen-bond acceptors (Lipinski definition) is 4. The zero-order chi connectivity index (χ0) is 20.6. The van der Waals surface area contributed by atoms with Crippen molar-refractivity contribution in [2.75, 3.05) is 0 Å². The van der Waals surface area contributed by atoms with Crippen molar-refractivity contribution >= 4 is 45.7 Å². The molecule has 3 heterocycles. The number of aromatic nitrogens is 2. The molecule has 0 fully saturated rings. The fourth-order valence-corrected chi connectivity index (χ4v) is 6.55. The van der Waals surface area contributed by atoms with Crippen LogP contribution in [-0.4, -0.2) is 24.5 Å². The Morgan fingerprint density at radius 2 is 1.58 bits per heavy atom. The standard InChI is InChI=1S/C26H16N2OSSe/c1-2-10-23-22(9-1)28-26(31-23)19-6-4-8-21(16-19)29-20-7-3-5-18(15-20)24-25-17(11-13-27-24)12-14-30-25/h1-16H. The minimum absolute atomic E-state index is 0.222. The van der Waals surface area contributed by atoms with Gasteiger partial charge in [-0.05, 0) is 0 Å². The van der Waals surface area contributed by atoms with E-state index in [-0.39, 0.29) is 14.5 Å². The van der Waals surface area contributed by atoms with Gasteiger partial charge in [-0.25, -0.2) is 0 Å². The Morgan fingerprint density at radius 1 is 0.774 bits per heavy atom.